The quantitative estimate of drug-likeness (QED) is 0.846. The Morgan fingerprint density at radius 3 is 3.00 bits per heavy atom. The van der Waals surface area contributed by atoms with Crippen LogP contribution < -0.4 is 20.3 Å². The van der Waals surface area contributed by atoms with Gasteiger partial charge in [-0.1, -0.05) is 13.0 Å². The fraction of sp³-hybridized carbons (Fsp3) is 0.600. The van der Waals surface area contributed by atoms with E-state index in [1.54, 1.807) is 7.11 Å². The van der Waals surface area contributed by atoms with Gasteiger partial charge in [-0.3, -0.25) is 0 Å². The van der Waals surface area contributed by atoms with Crippen molar-refractivity contribution >= 4 is 5.69 Å². The van der Waals surface area contributed by atoms with E-state index in [-0.39, 0.29) is 0 Å². The highest BCUT2D eigenvalue weighted by molar-refractivity contribution is 5.60. The minimum atomic E-state index is 0.898. The van der Waals surface area contributed by atoms with Gasteiger partial charge in [0.2, 0.25) is 0 Å². The second kappa shape index (κ2) is 7.36. The standard InChI is InChI=1S/C15H25N3O/c1-3-16-12-13-5-6-14(15(11-13)19-2)18-9-4-7-17-8-10-18/h5-6,11,16-17H,3-4,7-10,12H2,1-2H3. The number of rotatable bonds is 5. The highest BCUT2D eigenvalue weighted by atomic mass is 16.5. The molecule has 1 heterocycles. The van der Waals surface area contributed by atoms with Crippen LogP contribution in [-0.2, 0) is 6.54 Å². The van der Waals surface area contributed by atoms with E-state index in [1.807, 2.05) is 0 Å². The van der Waals surface area contributed by atoms with Gasteiger partial charge in [0, 0.05) is 26.2 Å². The maximum absolute atomic E-state index is 5.57. The fourth-order valence-corrected chi connectivity index (χ4v) is 2.45. The summed E-state index contributed by atoms with van der Waals surface area (Å²) in [7, 11) is 1.76. The summed E-state index contributed by atoms with van der Waals surface area (Å²) in [6, 6.07) is 6.53. The van der Waals surface area contributed by atoms with Gasteiger partial charge in [0.25, 0.3) is 0 Å². The molecule has 0 aliphatic carbocycles. The molecule has 106 valence electrons. The molecule has 2 N–H and O–H groups in total. The summed E-state index contributed by atoms with van der Waals surface area (Å²) >= 11 is 0. The van der Waals surface area contributed by atoms with Crippen molar-refractivity contribution in [1.82, 2.24) is 10.6 Å². The highest BCUT2D eigenvalue weighted by Gasteiger charge is 2.14. The molecule has 1 aliphatic rings. The van der Waals surface area contributed by atoms with Crippen LogP contribution in [0.4, 0.5) is 5.69 Å². The van der Waals surface area contributed by atoms with Crippen LogP contribution in [-0.4, -0.2) is 39.8 Å². The van der Waals surface area contributed by atoms with E-state index in [2.05, 4.69) is 40.7 Å². The zero-order valence-corrected chi connectivity index (χ0v) is 12.0. The zero-order chi connectivity index (χ0) is 13.5. The number of nitrogens with zero attached hydrogens (tertiary/aromatic N) is 1. The molecule has 0 unspecified atom stereocenters. The largest absolute Gasteiger partial charge is 0.495 e. The Morgan fingerprint density at radius 2 is 2.21 bits per heavy atom. The van der Waals surface area contributed by atoms with Gasteiger partial charge in [-0.2, -0.15) is 0 Å². The molecule has 4 nitrogen and oxygen atoms in total. The molecular formula is C15H25N3O. The molecule has 0 amide bonds. The van der Waals surface area contributed by atoms with E-state index < -0.39 is 0 Å². The molecule has 1 aliphatic heterocycles. The first-order chi connectivity index (χ1) is 9.35. The first-order valence-electron chi connectivity index (χ1n) is 7.18. The number of methoxy groups -OCH3 is 1. The SMILES string of the molecule is CCNCc1ccc(N2CCCNCC2)c(OC)c1. The van der Waals surface area contributed by atoms with Crippen LogP contribution in [0.25, 0.3) is 0 Å². The normalized spacial score (nSPS) is 16.2. The molecule has 0 spiro atoms. The molecule has 1 fully saturated rings. The van der Waals surface area contributed by atoms with E-state index in [9.17, 15) is 0 Å². The van der Waals surface area contributed by atoms with Crippen molar-refractivity contribution in [3.05, 3.63) is 23.8 Å². The minimum absolute atomic E-state index is 0.898. The topological polar surface area (TPSA) is 36.5 Å². The van der Waals surface area contributed by atoms with Crippen molar-refractivity contribution in [2.45, 2.75) is 19.9 Å². The second-order valence-electron chi connectivity index (χ2n) is 4.88. The Morgan fingerprint density at radius 1 is 1.32 bits per heavy atom. The average molecular weight is 263 g/mol. The fourth-order valence-electron chi connectivity index (χ4n) is 2.45. The predicted molar refractivity (Wildman–Crippen MR) is 80.1 cm³/mol. The van der Waals surface area contributed by atoms with Gasteiger partial charge in [0.1, 0.15) is 5.75 Å². The van der Waals surface area contributed by atoms with Crippen LogP contribution in [0.1, 0.15) is 18.9 Å². The first kappa shape index (κ1) is 14.2. The second-order valence-corrected chi connectivity index (χ2v) is 4.88. The maximum Gasteiger partial charge on any atom is 0.142 e. The van der Waals surface area contributed by atoms with E-state index in [0.29, 0.717) is 0 Å². The number of nitrogens with one attached hydrogen (secondary N) is 2. The summed E-state index contributed by atoms with van der Waals surface area (Å²) in [6.07, 6.45) is 1.18. The maximum atomic E-state index is 5.57. The van der Waals surface area contributed by atoms with E-state index >= 15 is 0 Å². The summed E-state index contributed by atoms with van der Waals surface area (Å²) in [5, 5.41) is 6.78. The Hall–Kier alpha value is -1.26. The molecule has 2 rings (SSSR count). The lowest BCUT2D eigenvalue weighted by molar-refractivity contribution is 0.413. The van der Waals surface area contributed by atoms with Crippen molar-refractivity contribution in [1.29, 1.82) is 0 Å². The number of hydrogen-bond donors (Lipinski definition) is 2. The third-order valence-corrected chi connectivity index (χ3v) is 3.50. The molecule has 0 bridgehead atoms. The first-order valence-corrected chi connectivity index (χ1v) is 7.18. The molecule has 1 aromatic carbocycles. The monoisotopic (exact) mass is 263 g/mol. The van der Waals surface area contributed by atoms with Crippen LogP contribution in [0.15, 0.2) is 18.2 Å². The molecule has 0 atom stereocenters. The van der Waals surface area contributed by atoms with Gasteiger partial charge in [0.05, 0.1) is 12.8 Å². The third-order valence-electron chi connectivity index (χ3n) is 3.50. The van der Waals surface area contributed by atoms with E-state index in [4.69, 9.17) is 4.74 Å². The zero-order valence-electron chi connectivity index (χ0n) is 12.0. The lowest BCUT2D eigenvalue weighted by Crippen LogP contribution is -2.28. The molecule has 0 aromatic heterocycles. The van der Waals surface area contributed by atoms with Crippen molar-refractivity contribution in [2.75, 3.05) is 44.7 Å². The molecule has 0 saturated carbocycles. The van der Waals surface area contributed by atoms with Gasteiger partial charge in [-0.25, -0.2) is 0 Å². The molecule has 19 heavy (non-hydrogen) atoms. The number of anilines is 1. The molecular weight excluding hydrogens is 238 g/mol. The Balaban J connectivity index is 2.14. The smallest absolute Gasteiger partial charge is 0.142 e. The summed E-state index contributed by atoms with van der Waals surface area (Å²) in [5.74, 6) is 0.984. The van der Waals surface area contributed by atoms with Crippen LogP contribution in [0, 0.1) is 0 Å². The predicted octanol–water partition coefficient (Wildman–Crippen LogP) is 1.60. The van der Waals surface area contributed by atoms with E-state index in [1.165, 1.54) is 17.7 Å². The summed E-state index contributed by atoms with van der Waals surface area (Å²) in [4.78, 5) is 2.41. The average Bonchev–Trinajstić information content (AvgIpc) is 2.73. The van der Waals surface area contributed by atoms with Gasteiger partial charge in [-0.05, 0) is 37.2 Å². The lowest BCUT2D eigenvalue weighted by atomic mass is 10.1. The lowest BCUT2D eigenvalue weighted by Gasteiger charge is -2.24. The number of ether oxygens (including phenoxy) is 1. The van der Waals surface area contributed by atoms with Crippen molar-refractivity contribution in [3.63, 3.8) is 0 Å². The molecule has 1 aromatic rings. The van der Waals surface area contributed by atoms with Crippen molar-refractivity contribution < 1.29 is 4.74 Å². The molecule has 4 heteroatoms. The van der Waals surface area contributed by atoms with Gasteiger partial charge >= 0.3 is 0 Å². The van der Waals surface area contributed by atoms with Gasteiger partial charge in [0.15, 0.2) is 0 Å². The summed E-state index contributed by atoms with van der Waals surface area (Å²) in [6.45, 7) is 8.30. The molecule has 0 radical (unpaired) electrons. The molecule has 1 saturated heterocycles. The summed E-state index contributed by atoms with van der Waals surface area (Å²) in [5.41, 5.74) is 2.49. The van der Waals surface area contributed by atoms with Crippen LogP contribution in [0.5, 0.6) is 5.75 Å². The summed E-state index contributed by atoms with van der Waals surface area (Å²) < 4.78 is 5.57. The van der Waals surface area contributed by atoms with Crippen molar-refractivity contribution in [3.8, 4) is 5.75 Å². The number of benzene rings is 1. The van der Waals surface area contributed by atoms with Gasteiger partial charge < -0.3 is 20.3 Å². The highest BCUT2D eigenvalue weighted by Crippen LogP contribution is 2.29. The van der Waals surface area contributed by atoms with Crippen LogP contribution in [0.2, 0.25) is 0 Å². The van der Waals surface area contributed by atoms with E-state index in [0.717, 1.165) is 45.0 Å². The number of hydrogen-bond acceptors (Lipinski definition) is 4. The van der Waals surface area contributed by atoms with Crippen LogP contribution >= 0.6 is 0 Å². The van der Waals surface area contributed by atoms with Gasteiger partial charge in [-0.15, -0.1) is 0 Å². The Labute approximate surface area is 116 Å². The Kier molecular flexibility index (Phi) is 5.48. The third kappa shape index (κ3) is 3.85. The van der Waals surface area contributed by atoms with Crippen molar-refractivity contribution in [2.24, 2.45) is 0 Å². The Bertz CT molecular complexity index is 387. The van der Waals surface area contributed by atoms with Crippen LogP contribution in [0.3, 0.4) is 0 Å². The minimum Gasteiger partial charge on any atom is -0.495 e.